The van der Waals surface area contributed by atoms with E-state index in [0.717, 1.165) is 12.0 Å². The van der Waals surface area contributed by atoms with Gasteiger partial charge in [0.2, 0.25) is 5.91 Å². The van der Waals surface area contributed by atoms with E-state index in [1.54, 1.807) is 24.7 Å². The van der Waals surface area contributed by atoms with Crippen LogP contribution in [0.3, 0.4) is 0 Å². The Bertz CT molecular complexity index is 884. The molecule has 2 unspecified atom stereocenters. The molecule has 2 atom stereocenters. The number of ether oxygens (including phenoxy) is 1. The molecule has 2 heterocycles. The second-order valence-electron chi connectivity index (χ2n) is 6.34. The van der Waals surface area contributed by atoms with Gasteiger partial charge in [0, 0.05) is 24.5 Å². The average Bonchev–Trinajstić information content (AvgIpc) is 3.50. The molecule has 0 spiro atoms. The molecule has 1 aromatic carbocycles. The number of carbonyl (C=O) groups is 1. The molecule has 1 amide bonds. The zero-order chi connectivity index (χ0) is 17.8. The molecule has 26 heavy (non-hydrogen) atoms. The van der Waals surface area contributed by atoms with Crippen LogP contribution in [0.25, 0.3) is 0 Å². The standard InChI is InChI=1S/C21H19N3O2/c25-21(18-13-17(18)16-5-2-1-3-6-16)24-20-19(7-4-10-23-20)26-14-15-8-11-22-12-9-15/h1-12,17-18H,13-14H2,(H,23,24,25). The van der Waals surface area contributed by atoms with Crippen molar-refractivity contribution in [3.8, 4) is 5.75 Å². The lowest BCUT2D eigenvalue weighted by Gasteiger charge is -2.11. The summed E-state index contributed by atoms with van der Waals surface area (Å²) >= 11 is 0. The number of benzene rings is 1. The number of nitrogens with zero attached hydrogens (tertiary/aromatic N) is 2. The number of amides is 1. The lowest BCUT2D eigenvalue weighted by Crippen LogP contribution is -2.16. The van der Waals surface area contributed by atoms with E-state index in [0.29, 0.717) is 24.1 Å². The van der Waals surface area contributed by atoms with Gasteiger partial charge in [-0.25, -0.2) is 4.98 Å². The third kappa shape index (κ3) is 3.72. The van der Waals surface area contributed by atoms with Crippen molar-refractivity contribution >= 4 is 11.7 Å². The van der Waals surface area contributed by atoms with Crippen LogP contribution in [-0.4, -0.2) is 15.9 Å². The summed E-state index contributed by atoms with van der Waals surface area (Å²) in [5.41, 5.74) is 2.22. The van der Waals surface area contributed by atoms with E-state index in [-0.39, 0.29) is 11.8 Å². The maximum atomic E-state index is 12.6. The second-order valence-corrected chi connectivity index (χ2v) is 6.34. The largest absolute Gasteiger partial charge is 0.485 e. The van der Waals surface area contributed by atoms with Crippen molar-refractivity contribution < 1.29 is 9.53 Å². The summed E-state index contributed by atoms with van der Waals surface area (Å²) < 4.78 is 5.83. The number of rotatable bonds is 6. The van der Waals surface area contributed by atoms with Crippen molar-refractivity contribution in [2.24, 2.45) is 5.92 Å². The zero-order valence-electron chi connectivity index (χ0n) is 14.2. The fourth-order valence-electron chi connectivity index (χ4n) is 3.00. The quantitative estimate of drug-likeness (QED) is 0.738. The monoisotopic (exact) mass is 345 g/mol. The molecule has 0 aliphatic heterocycles. The van der Waals surface area contributed by atoms with Gasteiger partial charge in [-0.15, -0.1) is 0 Å². The minimum Gasteiger partial charge on any atom is -0.485 e. The van der Waals surface area contributed by atoms with Crippen LogP contribution >= 0.6 is 0 Å². The number of hydrogen-bond donors (Lipinski definition) is 1. The van der Waals surface area contributed by atoms with Gasteiger partial charge in [-0.05, 0) is 47.7 Å². The molecule has 0 bridgehead atoms. The molecule has 0 radical (unpaired) electrons. The summed E-state index contributed by atoms with van der Waals surface area (Å²) in [4.78, 5) is 20.8. The SMILES string of the molecule is O=C(Nc1ncccc1OCc1ccncc1)C1CC1c1ccccc1. The summed E-state index contributed by atoms with van der Waals surface area (Å²) in [6, 6.07) is 17.5. The number of nitrogens with one attached hydrogen (secondary N) is 1. The van der Waals surface area contributed by atoms with Gasteiger partial charge < -0.3 is 10.1 Å². The molecule has 1 saturated carbocycles. The van der Waals surface area contributed by atoms with Gasteiger partial charge >= 0.3 is 0 Å². The van der Waals surface area contributed by atoms with Crippen LogP contribution < -0.4 is 10.1 Å². The predicted octanol–water partition coefficient (Wildman–Crippen LogP) is 3.80. The van der Waals surface area contributed by atoms with E-state index in [1.807, 2.05) is 36.4 Å². The van der Waals surface area contributed by atoms with Crippen molar-refractivity contribution in [3.63, 3.8) is 0 Å². The molecule has 2 aromatic heterocycles. The lowest BCUT2D eigenvalue weighted by molar-refractivity contribution is -0.117. The minimum atomic E-state index is -0.00804. The molecule has 1 aliphatic carbocycles. The van der Waals surface area contributed by atoms with Crippen LogP contribution in [-0.2, 0) is 11.4 Å². The minimum absolute atomic E-state index is 0.00699. The molecular formula is C21H19N3O2. The Morgan fingerprint density at radius 2 is 1.85 bits per heavy atom. The smallest absolute Gasteiger partial charge is 0.229 e. The number of hydrogen-bond acceptors (Lipinski definition) is 4. The Hall–Kier alpha value is -3.21. The first-order valence-corrected chi connectivity index (χ1v) is 8.64. The maximum absolute atomic E-state index is 12.6. The molecule has 5 heteroatoms. The van der Waals surface area contributed by atoms with Crippen LogP contribution in [0.15, 0.2) is 73.2 Å². The molecule has 3 aromatic rings. The summed E-state index contributed by atoms with van der Waals surface area (Å²) in [5.74, 6) is 1.31. The highest BCUT2D eigenvalue weighted by Gasteiger charge is 2.44. The van der Waals surface area contributed by atoms with Gasteiger partial charge in [0.25, 0.3) is 0 Å². The maximum Gasteiger partial charge on any atom is 0.229 e. The number of pyridine rings is 2. The van der Waals surface area contributed by atoms with E-state index in [2.05, 4.69) is 27.4 Å². The molecular weight excluding hydrogens is 326 g/mol. The highest BCUT2D eigenvalue weighted by molar-refractivity contribution is 5.95. The number of carbonyl (C=O) groups excluding carboxylic acids is 1. The number of aromatic nitrogens is 2. The van der Waals surface area contributed by atoms with Gasteiger partial charge in [-0.2, -0.15) is 0 Å². The molecule has 130 valence electrons. The summed E-state index contributed by atoms with van der Waals surface area (Å²) in [5, 5.41) is 2.92. The van der Waals surface area contributed by atoms with Crippen molar-refractivity contribution in [2.45, 2.75) is 18.9 Å². The Kier molecular flexibility index (Phi) is 4.60. The third-order valence-corrected chi connectivity index (χ3v) is 4.51. The Morgan fingerprint density at radius 3 is 2.65 bits per heavy atom. The van der Waals surface area contributed by atoms with Crippen LogP contribution in [0.4, 0.5) is 5.82 Å². The first-order valence-electron chi connectivity index (χ1n) is 8.64. The first-order chi connectivity index (χ1) is 12.8. The Balaban J connectivity index is 1.40. The highest BCUT2D eigenvalue weighted by Crippen LogP contribution is 2.48. The fourth-order valence-corrected chi connectivity index (χ4v) is 3.00. The molecule has 0 saturated heterocycles. The highest BCUT2D eigenvalue weighted by atomic mass is 16.5. The van der Waals surface area contributed by atoms with Gasteiger partial charge in [-0.3, -0.25) is 9.78 Å². The van der Waals surface area contributed by atoms with Crippen molar-refractivity contribution in [2.75, 3.05) is 5.32 Å². The van der Waals surface area contributed by atoms with Crippen molar-refractivity contribution in [1.29, 1.82) is 0 Å². The van der Waals surface area contributed by atoms with Crippen molar-refractivity contribution in [3.05, 3.63) is 84.3 Å². The van der Waals surface area contributed by atoms with E-state index >= 15 is 0 Å². The van der Waals surface area contributed by atoms with Gasteiger partial charge in [0.1, 0.15) is 6.61 Å². The van der Waals surface area contributed by atoms with Gasteiger partial charge in [0.15, 0.2) is 11.6 Å². The second kappa shape index (κ2) is 7.35. The van der Waals surface area contributed by atoms with E-state index in [9.17, 15) is 4.79 Å². The van der Waals surface area contributed by atoms with Gasteiger partial charge in [0.05, 0.1) is 0 Å². The lowest BCUT2D eigenvalue weighted by atomic mass is 10.1. The molecule has 1 fully saturated rings. The van der Waals surface area contributed by atoms with Crippen molar-refractivity contribution in [1.82, 2.24) is 9.97 Å². The normalized spacial score (nSPS) is 18.2. The molecule has 5 nitrogen and oxygen atoms in total. The summed E-state index contributed by atoms with van der Waals surface area (Å²) in [7, 11) is 0. The van der Waals surface area contributed by atoms with E-state index in [1.165, 1.54) is 5.56 Å². The fraction of sp³-hybridized carbons (Fsp3) is 0.190. The predicted molar refractivity (Wildman–Crippen MR) is 98.7 cm³/mol. The van der Waals surface area contributed by atoms with Crippen LogP contribution in [0.5, 0.6) is 5.75 Å². The summed E-state index contributed by atoms with van der Waals surface area (Å²) in [6.45, 7) is 0.396. The van der Waals surface area contributed by atoms with E-state index < -0.39 is 0 Å². The number of anilines is 1. The molecule has 1 aliphatic rings. The molecule has 1 N–H and O–H groups in total. The first kappa shape index (κ1) is 16.3. The Labute approximate surface area is 152 Å². The topological polar surface area (TPSA) is 64.1 Å². The zero-order valence-corrected chi connectivity index (χ0v) is 14.2. The van der Waals surface area contributed by atoms with Crippen LogP contribution in [0.2, 0.25) is 0 Å². The Morgan fingerprint density at radius 1 is 1.04 bits per heavy atom. The van der Waals surface area contributed by atoms with E-state index in [4.69, 9.17) is 4.74 Å². The van der Waals surface area contributed by atoms with Gasteiger partial charge in [-0.1, -0.05) is 30.3 Å². The van der Waals surface area contributed by atoms with Crippen LogP contribution in [0.1, 0.15) is 23.5 Å². The third-order valence-electron chi connectivity index (χ3n) is 4.51. The van der Waals surface area contributed by atoms with Crippen LogP contribution in [0, 0.1) is 5.92 Å². The summed E-state index contributed by atoms with van der Waals surface area (Å²) in [6.07, 6.45) is 5.97. The molecule has 4 rings (SSSR count). The average molecular weight is 345 g/mol.